The van der Waals surface area contributed by atoms with E-state index in [1.165, 1.54) is 0 Å². The Morgan fingerprint density at radius 2 is 2.18 bits per heavy atom. The molecule has 0 bridgehead atoms. The summed E-state index contributed by atoms with van der Waals surface area (Å²) in [5.41, 5.74) is 0.959. The van der Waals surface area contributed by atoms with Gasteiger partial charge in [-0.05, 0) is 17.7 Å². The number of halogens is 1. The third kappa shape index (κ3) is 3.33. The molecule has 0 radical (unpaired) electrons. The zero-order valence-electron chi connectivity index (χ0n) is 12.1. The van der Waals surface area contributed by atoms with Crippen LogP contribution >= 0.6 is 11.6 Å². The SMILES string of the molecule is COc1ccnc(NCc2cc(Cl)c3c(c2)OCCCO3)n1. The van der Waals surface area contributed by atoms with Crippen molar-refractivity contribution in [1.29, 1.82) is 0 Å². The van der Waals surface area contributed by atoms with Gasteiger partial charge < -0.3 is 19.5 Å². The van der Waals surface area contributed by atoms with Crippen LogP contribution in [-0.2, 0) is 6.54 Å². The molecule has 116 valence electrons. The molecule has 0 amide bonds. The molecule has 1 aliphatic heterocycles. The highest BCUT2D eigenvalue weighted by atomic mass is 35.5. The fourth-order valence-electron chi connectivity index (χ4n) is 2.11. The highest BCUT2D eigenvalue weighted by molar-refractivity contribution is 6.32. The number of hydrogen-bond donors (Lipinski definition) is 1. The topological polar surface area (TPSA) is 65.5 Å². The monoisotopic (exact) mass is 321 g/mol. The van der Waals surface area contributed by atoms with Crippen molar-refractivity contribution in [3.8, 4) is 17.4 Å². The maximum Gasteiger partial charge on any atom is 0.226 e. The molecule has 1 aromatic heterocycles. The number of benzene rings is 1. The average Bonchev–Trinajstić information content (AvgIpc) is 2.79. The fraction of sp³-hybridized carbons (Fsp3) is 0.333. The van der Waals surface area contributed by atoms with Crippen molar-refractivity contribution in [2.45, 2.75) is 13.0 Å². The van der Waals surface area contributed by atoms with Crippen molar-refractivity contribution in [1.82, 2.24) is 9.97 Å². The Kier molecular flexibility index (Phi) is 4.48. The number of methoxy groups -OCH3 is 1. The average molecular weight is 322 g/mol. The standard InChI is InChI=1S/C15H16ClN3O3/c1-20-13-3-4-17-15(19-13)18-9-10-7-11(16)14-12(8-10)21-5-2-6-22-14/h3-4,7-8H,2,5-6,9H2,1H3,(H,17,18,19). The van der Waals surface area contributed by atoms with Crippen LogP contribution in [0, 0.1) is 0 Å². The van der Waals surface area contributed by atoms with Crippen LogP contribution in [0.3, 0.4) is 0 Å². The highest BCUT2D eigenvalue weighted by Gasteiger charge is 2.15. The summed E-state index contributed by atoms with van der Waals surface area (Å²) in [5, 5.41) is 3.67. The van der Waals surface area contributed by atoms with Crippen molar-refractivity contribution < 1.29 is 14.2 Å². The molecular weight excluding hydrogens is 306 g/mol. The Bertz CT molecular complexity index is 666. The minimum absolute atomic E-state index is 0.489. The Hall–Kier alpha value is -2.21. The number of nitrogens with zero attached hydrogens (tertiary/aromatic N) is 2. The third-order valence-electron chi connectivity index (χ3n) is 3.15. The molecular formula is C15H16ClN3O3. The fourth-order valence-corrected chi connectivity index (χ4v) is 2.40. The zero-order valence-corrected chi connectivity index (χ0v) is 12.9. The lowest BCUT2D eigenvalue weighted by Gasteiger charge is -2.12. The van der Waals surface area contributed by atoms with E-state index in [2.05, 4.69) is 15.3 Å². The summed E-state index contributed by atoms with van der Waals surface area (Å²) in [6.07, 6.45) is 2.48. The van der Waals surface area contributed by atoms with Gasteiger partial charge in [0.1, 0.15) is 0 Å². The molecule has 0 aliphatic carbocycles. The first-order valence-corrected chi connectivity index (χ1v) is 7.33. The number of nitrogens with one attached hydrogen (secondary N) is 1. The molecule has 22 heavy (non-hydrogen) atoms. The molecule has 0 saturated carbocycles. The molecule has 7 heteroatoms. The molecule has 6 nitrogen and oxygen atoms in total. The van der Waals surface area contributed by atoms with Gasteiger partial charge in [-0.3, -0.25) is 0 Å². The molecule has 1 aliphatic rings. The number of rotatable bonds is 4. The van der Waals surface area contributed by atoms with Crippen LogP contribution in [0.1, 0.15) is 12.0 Å². The van der Waals surface area contributed by atoms with E-state index in [1.807, 2.05) is 12.1 Å². The van der Waals surface area contributed by atoms with Crippen LogP contribution in [-0.4, -0.2) is 30.3 Å². The Labute approximate surface area is 133 Å². The van der Waals surface area contributed by atoms with E-state index in [9.17, 15) is 0 Å². The van der Waals surface area contributed by atoms with E-state index < -0.39 is 0 Å². The maximum absolute atomic E-state index is 6.27. The van der Waals surface area contributed by atoms with Crippen LogP contribution in [0.2, 0.25) is 5.02 Å². The number of ether oxygens (including phenoxy) is 3. The summed E-state index contributed by atoms with van der Waals surface area (Å²) >= 11 is 6.27. The smallest absolute Gasteiger partial charge is 0.226 e. The van der Waals surface area contributed by atoms with Gasteiger partial charge in [0.2, 0.25) is 11.8 Å². The van der Waals surface area contributed by atoms with E-state index in [1.54, 1.807) is 19.4 Å². The lowest BCUT2D eigenvalue weighted by Crippen LogP contribution is -2.05. The van der Waals surface area contributed by atoms with E-state index in [-0.39, 0.29) is 0 Å². The predicted octanol–water partition coefficient (Wildman–Crippen LogP) is 2.91. The van der Waals surface area contributed by atoms with E-state index in [4.69, 9.17) is 25.8 Å². The lowest BCUT2D eigenvalue weighted by molar-refractivity contribution is 0.297. The molecule has 0 spiro atoms. The molecule has 0 fully saturated rings. The molecule has 1 N–H and O–H groups in total. The molecule has 2 aromatic rings. The first-order valence-electron chi connectivity index (χ1n) is 6.95. The quantitative estimate of drug-likeness (QED) is 0.934. The maximum atomic E-state index is 6.27. The van der Waals surface area contributed by atoms with E-state index in [0.717, 1.165) is 12.0 Å². The Balaban J connectivity index is 1.75. The number of hydrogen-bond acceptors (Lipinski definition) is 6. The van der Waals surface area contributed by atoms with Crippen LogP contribution in [0.25, 0.3) is 0 Å². The van der Waals surface area contributed by atoms with Crippen molar-refractivity contribution >= 4 is 17.5 Å². The largest absolute Gasteiger partial charge is 0.489 e. The van der Waals surface area contributed by atoms with Crippen molar-refractivity contribution in [2.24, 2.45) is 0 Å². The molecule has 2 heterocycles. The van der Waals surface area contributed by atoms with Crippen molar-refractivity contribution in [2.75, 3.05) is 25.6 Å². The van der Waals surface area contributed by atoms with Gasteiger partial charge >= 0.3 is 0 Å². The second kappa shape index (κ2) is 6.70. The van der Waals surface area contributed by atoms with Crippen LogP contribution in [0.15, 0.2) is 24.4 Å². The number of anilines is 1. The molecule has 1 aromatic carbocycles. The minimum atomic E-state index is 0.489. The minimum Gasteiger partial charge on any atom is -0.489 e. The van der Waals surface area contributed by atoms with Gasteiger partial charge in [-0.1, -0.05) is 11.6 Å². The van der Waals surface area contributed by atoms with Gasteiger partial charge in [0.15, 0.2) is 11.5 Å². The predicted molar refractivity (Wildman–Crippen MR) is 83.0 cm³/mol. The summed E-state index contributed by atoms with van der Waals surface area (Å²) in [4.78, 5) is 8.33. The molecule has 0 atom stereocenters. The van der Waals surface area contributed by atoms with Crippen molar-refractivity contribution in [3.05, 3.63) is 35.0 Å². The lowest BCUT2D eigenvalue weighted by atomic mass is 10.2. The summed E-state index contributed by atoms with van der Waals surface area (Å²) in [7, 11) is 1.57. The van der Waals surface area contributed by atoms with E-state index in [0.29, 0.717) is 48.1 Å². The van der Waals surface area contributed by atoms with Crippen LogP contribution < -0.4 is 19.5 Å². The molecule has 0 saturated heterocycles. The second-order valence-corrected chi connectivity index (χ2v) is 5.14. The summed E-state index contributed by atoms with van der Waals surface area (Å²) in [6, 6.07) is 5.46. The molecule has 0 unspecified atom stereocenters. The van der Waals surface area contributed by atoms with Gasteiger partial charge in [0, 0.05) is 25.2 Å². The highest BCUT2D eigenvalue weighted by Crippen LogP contribution is 2.38. The van der Waals surface area contributed by atoms with Gasteiger partial charge in [0.05, 0.1) is 25.3 Å². The van der Waals surface area contributed by atoms with Gasteiger partial charge in [-0.2, -0.15) is 4.98 Å². The van der Waals surface area contributed by atoms with E-state index >= 15 is 0 Å². The summed E-state index contributed by atoms with van der Waals surface area (Å²) < 4.78 is 16.3. The van der Waals surface area contributed by atoms with Gasteiger partial charge in [0.25, 0.3) is 0 Å². The zero-order chi connectivity index (χ0) is 15.4. The first-order chi connectivity index (χ1) is 10.8. The Morgan fingerprint density at radius 1 is 1.32 bits per heavy atom. The summed E-state index contributed by atoms with van der Waals surface area (Å²) in [6.45, 7) is 1.75. The van der Waals surface area contributed by atoms with Gasteiger partial charge in [-0.25, -0.2) is 4.98 Å². The first kappa shape index (κ1) is 14.7. The normalized spacial score (nSPS) is 13.4. The van der Waals surface area contributed by atoms with Gasteiger partial charge in [-0.15, -0.1) is 0 Å². The Morgan fingerprint density at radius 3 is 3.05 bits per heavy atom. The molecule has 3 rings (SSSR count). The second-order valence-electron chi connectivity index (χ2n) is 4.73. The van der Waals surface area contributed by atoms with Crippen LogP contribution in [0.5, 0.6) is 17.4 Å². The third-order valence-corrected chi connectivity index (χ3v) is 3.43. The number of aromatic nitrogens is 2. The van der Waals surface area contributed by atoms with Crippen molar-refractivity contribution in [3.63, 3.8) is 0 Å². The number of fused-ring (bicyclic) bond motifs is 1. The van der Waals surface area contributed by atoms with Crippen LogP contribution in [0.4, 0.5) is 5.95 Å². The summed E-state index contributed by atoms with van der Waals surface area (Å²) in [5.74, 6) is 2.28.